The first-order valence-electron chi connectivity index (χ1n) is 5.71. The van der Waals surface area contributed by atoms with E-state index in [1.807, 2.05) is 0 Å². The lowest BCUT2D eigenvalue weighted by Crippen LogP contribution is -2.45. The highest BCUT2D eigenvalue weighted by Crippen LogP contribution is 2.38. The van der Waals surface area contributed by atoms with Crippen LogP contribution in [0.15, 0.2) is 14.3 Å². The highest BCUT2D eigenvalue weighted by Gasteiger charge is 2.29. The Hall–Kier alpha value is 0.580. The quantitative estimate of drug-likeness (QED) is 0.816. The third-order valence-corrected chi connectivity index (χ3v) is 6.86. The van der Waals surface area contributed by atoms with Crippen LogP contribution in [0.4, 0.5) is 0 Å². The number of hydrogen-bond donors (Lipinski definition) is 1. The van der Waals surface area contributed by atoms with Crippen LogP contribution in [0, 0.1) is 0 Å². The number of hydrogen-bond acceptors (Lipinski definition) is 3. The average Bonchev–Trinajstić information content (AvgIpc) is 2.60. The number of halogens is 2. The van der Waals surface area contributed by atoms with Crippen LogP contribution in [-0.4, -0.2) is 24.0 Å². The van der Waals surface area contributed by atoms with Gasteiger partial charge in [0.05, 0.1) is 9.83 Å². The molecule has 17 heavy (non-hydrogen) atoms. The lowest BCUT2D eigenvalue weighted by atomic mass is 9.97. The van der Waals surface area contributed by atoms with Crippen molar-refractivity contribution in [1.82, 2.24) is 4.90 Å². The van der Waals surface area contributed by atoms with Crippen molar-refractivity contribution < 1.29 is 0 Å². The number of nitrogens with zero attached hydrogens (tertiary/aromatic N) is 1. The largest absolute Gasteiger partial charge is 0.329 e. The zero-order valence-electron chi connectivity index (χ0n) is 10.8. The lowest BCUT2D eigenvalue weighted by molar-refractivity contribution is 0.102. The minimum absolute atomic E-state index is 0.160. The first-order valence-corrected chi connectivity index (χ1v) is 8.11. The minimum atomic E-state index is 0.160. The van der Waals surface area contributed by atoms with Crippen LogP contribution < -0.4 is 5.73 Å². The van der Waals surface area contributed by atoms with Crippen molar-refractivity contribution in [1.29, 1.82) is 0 Å². The van der Waals surface area contributed by atoms with E-state index in [2.05, 4.69) is 70.6 Å². The summed E-state index contributed by atoms with van der Waals surface area (Å²) in [6.45, 7) is 7.37. The Morgan fingerprint density at radius 2 is 2.06 bits per heavy atom. The summed E-state index contributed by atoms with van der Waals surface area (Å²) in [6, 6.07) is 2.44. The van der Waals surface area contributed by atoms with Crippen LogP contribution in [0.25, 0.3) is 0 Å². The molecule has 98 valence electrons. The van der Waals surface area contributed by atoms with Crippen molar-refractivity contribution >= 4 is 43.2 Å². The molecule has 0 aliphatic heterocycles. The van der Waals surface area contributed by atoms with Gasteiger partial charge in [-0.3, -0.25) is 4.90 Å². The van der Waals surface area contributed by atoms with Crippen LogP contribution in [0.5, 0.6) is 0 Å². The number of nitrogens with two attached hydrogens (primary N) is 1. The van der Waals surface area contributed by atoms with Gasteiger partial charge >= 0.3 is 0 Å². The molecule has 0 saturated carbocycles. The van der Waals surface area contributed by atoms with Gasteiger partial charge in [0.1, 0.15) is 0 Å². The van der Waals surface area contributed by atoms with E-state index in [1.165, 1.54) is 4.88 Å². The van der Waals surface area contributed by atoms with E-state index in [0.717, 1.165) is 14.7 Å². The van der Waals surface area contributed by atoms with Gasteiger partial charge in [-0.2, -0.15) is 0 Å². The fraction of sp³-hybridized carbons (Fsp3) is 0.667. The van der Waals surface area contributed by atoms with Crippen molar-refractivity contribution in [3.05, 3.63) is 19.2 Å². The fourth-order valence-electron chi connectivity index (χ4n) is 1.66. The van der Waals surface area contributed by atoms with E-state index < -0.39 is 0 Å². The molecule has 1 unspecified atom stereocenters. The summed E-state index contributed by atoms with van der Waals surface area (Å²) < 4.78 is 2.24. The van der Waals surface area contributed by atoms with Gasteiger partial charge in [-0.1, -0.05) is 6.92 Å². The van der Waals surface area contributed by atoms with Gasteiger partial charge in [-0.15, -0.1) is 11.3 Å². The predicted molar refractivity (Wildman–Crippen MR) is 83.6 cm³/mol. The molecule has 0 fully saturated rings. The fourth-order valence-corrected chi connectivity index (χ4v) is 3.91. The van der Waals surface area contributed by atoms with E-state index in [-0.39, 0.29) is 11.6 Å². The standard InChI is InChI=1S/C12H20Br2N2S/c1-5-12(2,3)16(4)9(7-15)10-6-8(13)11(14)17-10/h6,9H,5,7,15H2,1-4H3. The van der Waals surface area contributed by atoms with Crippen LogP contribution >= 0.6 is 43.2 Å². The van der Waals surface area contributed by atoms with Crippen molar-refractivity contribution in [2.75, 3.05) is 13.6 Å². The van der Waals surface area contributed by atoms with E-state index in [0.29, 0.717) is 6.54 Å². The number of thiophene rings is 1. The summed E-state index contributed by atoms with van der Waals surface area (Å²) in [5, 5.41) is 0. The summed E-state index contributed by atoms with van der Waals surface area (Å²) in [7, 11) is 2.16. The molecule has 1 aromatic rings. The molecule has 0 aromatic carbocycles. The molecular formula is C12H20Br2N2S. The molecular weight excluding hydrogens is 364 g/mol. The average molecular weight is 384 g/mol. The molecule has 2 nitrogen and oxygen atoms in total. The Balaban J connectivity index is 2.99. The molecule has 2 N–H and O–H groups in total. The van der Waals surface area contributed by atoms with Gasteiger partial charge < -0.3 is 5.73 Å². The van der Waals surface area contributed by atoms with Gasteiger partial charge in [0.2, 0.25) is 0 Å². The zero-order valence-corrected chi connectivity index (χ0v) is 14.7. The second-order valence-electron chi connectivity index (χ2n) is 4.80. The molecule has 0 radical (unpaired) electrons. The van der Waals surface area contributed by atoms with Gasteiger partial charge in [0.25, 0.3) is 0 Å². The molecule has 1 rings (SSSR count). The molecule has 1 atom stereocenters. The van der Waals surface area contributed by atoms with Crippen LogP contribution in [-0.2, 0) is 0 Å². The third kappa shape index (κ3) is 3.53. The van der Waals surface area contributed by atoms with E-state index >= 15 is 0 Å². The third-order valence-electron chi connectivity index (χ3n) is 3.50. The lowest BCUT2D eigenvalue weighted by Gasteiger charge is -2.40. The van der Waals surface area contributed by atoms with Crippen molar-refractivity contribution in [3.63, 3.8) is 0 Å². The molecule has 1 heterocycles. The summed E-state index contributed by atoms with van der Waals surface area (Å²) in [4.78, 5) is 3.67. The summed E-state index contributed by atoms with van der Waals surface area (Å²) in [5.74, 6) is 0. The maximum Gasteiger partial charge on any atom is 0.0843 e. The van der Waals surface area contributed by atoms with Crippen LogP contribution in [0.3, 0.4) is 0 Å². The zero-order chi connectivity index (χ0) is 13.2. The molecule has 0 bridgehead atoms. The first-order chi connectivity index (χ1) is 7.83. The van der Waals surface area contributed by atoms with E-state index in [4.69, 9.17) is 5.73 Å². The summed E-state index contributed by atoms with van der Waals surface area (Å²) in [5.41, 5.74) is 6.11. The predicted octanol–water partition coefficient (Wildman–Crippen LogP) is 4.39. The second-order valence-corrected chi connectivity index (χ2v) is 8.05. The molecule has 1 aromatic heterocycles. The molecule has 0 spiro atoms. The first kappa shape index (κ1) is 15.6. The Labute approximate surface area is 125 Å². The Kier molecular flexibility index (Phi) is 5.66. The maximum atomic E-state index is 5.95. The molecule has 0 saturated heterocycles. The smallest absolute Gasteiger partial charge is 0.0843 e. The molecule has 0 amide bonds. The Bertz CT molecular complexity index is 357. The van der Waals surface area contributed by atoms with Gasteiger partial charge in [-0.05, 0) is 65.2 Å². The Morgan fingerprint density at radius 1 is 1.47 bits per heavy atom. The summed E-state index contributed by atoms with van der Waals surface area (Å²) in [6.07, 6.45) is 1.10. The second kappa shape index (κ2) is 6.15. The van der Waals surface area contributed by atoms with E-state index in [9.17, 15) is 0 Å². The monoisotopic (exact) mass is 382 g/mol. The maximum absolute atomic E-state index is 5.95. The minimum Gasteiger partial charge on any atom is -0.329 e. The van der Waals surface area contributed by atoms with E-state index in [1.54, 1.807) is 11.3 Å². The Morgan fingerprint density at radius 3 is 2.41 bits per heavy atom. The molecule has 5 heteroatoms. The topological polar surface area (TPSA) is 29.3 Å². The van der Waals surface area contributed by atoms with Crippen LogP contribution in [0.1, 0.15) is 38.1 Å². The van der Waals surface area contributed by atoms with Gasteiger partial charge in [-0.25, -0.2) is 0 Å². The van der Waals surface area contributed by atoms with Gasteiger partial charge in [0.15, 0.2) is 0 Å². The molecule has 0 aliphatic rings. The SMILES string of the molecule is CCC(C)(C)N(C)C(CN)c1cc(Br)c(Br)s1. The number of rotatable bonds is 5. The van der Waals surface area contributed by atoms with Crippen LogP contribution in [0.2, 0.25) is 0 Å². The number of likely N-dealkylation sites (N-methyl/N-ethyl adjacent to an activating group) is 1. The normalized spacial score (nSPS) is 14.4. The highest BCUT2D eigenvalue weighted by atomic mass is 79.9. The van der Waals surface area contributed by atoms with Crippen molar-refractivity contribution in [2.24, 2.45) is 5.73 Å². The van der Waals surface area contributed by atoms with Crippen molar-refractivity contribution in [2.45, 2.75) is 38.8 Å². The highest BCUT2D eigenvalue weighted by molar-refractivity contribution is 9.13. The van der Waals surface area contributed by atoms with Crippen molar-refractivity contribution in [3.8, 4) is 0 Å². The molecule has 0 aliphatic carbocycles. The summed E-state index contributed by atoms with van der Waals surface area (Å²) >= 11 is 8.83. The van der Waals surface area contributed by atoms with Gasteiger partial charge in [0, 0.05) is 21.4 Å².